The molecule has 2 aliphatic rings. The number of rotatable bonds is 0. The molecule has 0 aliphatic heterocycles. The Morgan fingerprint density at radius 3 is 1.89 bits per heavy atom. The van der Waals surface area contributed by atoms with Gasteiger partial charge < -0.3 is 0 Å². The molecule has 0 saturated heterocycles. The van der Waals surface area contributed by atoms with Crippen LogP contribution >= 0.6 is 0 Å². The van der Waals surface area contributed by atoms with Crippen LogP contribution in [0.1, 0.15) is 80.6 Å². The van der Waals surface area contributed by atoms with Crippen LogP contribution < -0.4 is 0 Å². The maximum absolute atomic E-state index is 2.58. The van der Waals surface area contributed by atoms with Crippen molar-refractivity contribution in [2.45, 2.75) is 80.6 Å². The predicted octanol–water partition coefficient (Wildman–Crippen LogP) is 6.16. The summed E-state index contributed by atoms with van der Waals surface area (Å²) in [7, 11) is 0. The van der Waals surface area contributed by atoms with Crippen LogP contribution in [0.2, 0.25) is 0 Å². The lowest BCUT2D eigenvalue weighted by molar-refractivity contribution is -0.0730. The molecule has 0 nitrogen and oxygen atoms in total. The largest absolute Gasteiger partial charge is 0.0619 e. The molecule has 0 aromatic rings. The molecule has 0 heterocycles. The van der Waals surface area contributed by atoms with E-state index >= 15 is 0 Å². The zero-order valence-corrected chi connectivity index (χ0v) is 14.4. The van der Waals surface area contributed by atoms with E-state index in [-0.39, 0.29) is 0 Å². The first-order chi connectivity index (χ1) is 8.62. The van der Waals surface area contributed by atoms with Crippen molar-refractivity contribution in [3.8, 4) is 0 Å². The Kier molecular flexibility index (Phi) is 4.11. The van der Waals surface area contributed by atoms with Gasteiger partial charge in [0.1, 0.15) is 0 Å². The molecular weight excluding hydrogens is 228 g/mol. The van der Waals surface area contributed by atoms with Crippen LogP contribution in [0.5, 0.6) is 0 Å². The molecule has 0 bridgehead atoms. The van der Waals surface area contributed by atoms with E-state index in [0.717, 1.165) is 29.6 Å². The molecule has 5 atom stereocenters. The summed E-state index contributed by atoms with van der Waals surface area (Å²) in [5.74, 6) is 4.78. The molecule has 0 aromatic carbocycles. The molecule has 0 spiro atoms. The molecule has 0 amide bonds. The molecule has 2 aliphatic carbocycles. The van der Waals surface area contributed by atoms with Crippen LogP contribution in [0.25, 0.3) is 0 Å². The Morgan fingerprint density at radius 1 is 0.789 bits per heavy atom. The van der Waals surface area contributed by atoms with E-state index in [1.807, 2.05) is 0 Å². The van der Waals surface area contributed by atoms with Gasteiger partial charge in [0, 0.05) is 0 Å². The lowest BCUT2D eigenvalue weighted by atomic mass is 9.49. The van der Waals surface area contributed by atoms with E-state index in [2.05, 4.69) is 48.5 Å². The van der Waals surface area contributed by atoms with Crippen LogP contribution in [0, 0.1) is 40.4 Å². The minimum absolute atomic E-state index is 0.458. The van der Waals surface area contributed by atoms with Gasteiger partial charge in [-0.2, -0.15) is 0 Å². The van der Waals surface area contributed by atoms with Crippen LogP contribution in [-0.2, 0) is 0 Å². The highest BCUT2D eigenvalue weighted by Crippen LogP contribution is 2.57. The summed E-state index contributed by atoms with van der Waals surface area (Å²) in [4.78, 5) is 0. The van der Waals surface area contributed by atoms with Crippen molar-refractivity contribution in [2.24, 2.45) is 40.4 Å². The Morgan fingerprint density at radius 2 is 1.37 bits per heavy atom. The van der Waals surface area contributed by atoms with Crippen molar-refractivity contribution < 1.29 is 0 Å². The second kappa shape index (κ2) is 5.08. The molecule has 0 heteroatoms. The van der Waals surface area contributed by atoms with E-state index in [1.165, 1.54) is 32.1 Å². The van der Waals surface area contributed by atoms with Crippen LogP contribution in [0.3, 0.4) is 0 Å². The Bertz CT molecular complexity index is 301. The molecular formula is C19H36. The minimum Gasteiger partial charge on any atom is -0.0619 e. The van der Waals surface area contributed by atoms with E-state index in [9.17, 15) is 0 Å². The lowest BCUT2D eigenvalue weighted by Gasteiger charge is -2.56. The second-order valence-electron chi connectivity index (χ2n) is 9.67. The molecule has 112 valence electrons. The van der Waals surface area contributed by atoms with Gasteiger partial charge in [-0.15, -0.1) is 0 Å². The second-order valence-corrected chi connectivity index (χ2v) is 9.67. The maximum Gasteiger partial charge on any atom is -0.0303 e. The SMILES string of the molecule is CC1C2CCCCC2CC(C(C)(C)C)C1C(C)(C)C. The van der Waals surface area contributed by atoms with Gasteiger partial charge in [-0.1, -0.05) is 67.7 Å². The van der Waals surface area contributed by atoms with Crippen molar-refractivity contribution in [1.29, 1.82) is 0 Å². The lowest BCUT2D eigenvalue weighted by Crippen LogP contribution is -2.49. The zero-order valence-electron chi connectivity index (χ0n) is 14.4. The van der Waals surface area contributed by atoms with Gasteiger partial charge in [0.25, 0.3) is 0 Å². The summed E-state index contributed by atoms with van der Waals surface area (Å²) in [6.45, 7) is 17.5. The molecule has 2 saturated carbocycles. The summed E-state index contributed by atoms with van der Waals surface area (Å²) in [6, 6.07) is 0. The monoisotopic (exact) mass is 264 g/mol. The number of hydrogen-bond acceptors (Lipinski definition) is 0. The quantitative estimate of drug-likeness (QED) is 0.491. The third kappa shape index (κ3) is 3.03. The van der Waals surface area contributed by atoms with Gasteiger partial charge >= 0.3 is 0 Å². The smallest absolute Gasteiger partial charge is 0.0303 e. The molecule has 2 rings (SSSR count). The number of fused-ring (bicyclic) bond motifs is 1. The summed E-state index contributed by atoms with van der Waals surface area (Å²) in [6.07, 6.45) is 7.50. The van der Waals surface area contributed by atoms with E-state index < -0.39 is 0 Å². The van der Waals surface area contributed by atoms with Gasteiger partial charge in [-0.3, -0.25) is 0 Å². The molecule has 0 aromatic heterocycles. The van der Waals surface area contributed by atoms with Gasteiger partial charge in [-0.25, -0.2) is 0 Å². The Labute approximate surface area is 121 Å². The zero-order chi connectivity index (χ0) is 14.4. The van der Waals surface area contributed by atoms with Crippen molar-refractivity contribution in [3.05, 3.63) is 0 Å². The first-order valence-corrected chi connectivity index (χ1v) is 8.62. The fourth-order valence-electron chi connectivity index (χ4n) is 5.61. The molecule has 0 radical (unpaired) electrons. The van der Waals surface area contributed by atoms with Gasteiger partial charge in [0.15, 0.2) is 0 Å². The van der Waals surface area contributed by atoms with Gasteiger partial charge in [0.05, 0.1) is 0 Å². The normalized spacial score (nSPS) is 40.9. The average Bonchev–Trinajstić information content (AvgIpc) is 2.26. The fraction of sp³-hybridized carbons (Fsp3) is 1.00. The standard InChI is InChI=1S/C19H36/c1-13-15-11-9-8-10-14(15)12-16(18(2,3)4)17(13)19(5,6)7/h13-17H,8-12H2,1-7H3. The highest BCUT2D eigenvalue weighted by atomic mass is 14.5. The molecule has 5 unspecified atom stereocenters. The van der Waals surface area contributed by atoms with Crippen LogP contribution in [0.4, 0.5) is 0 Å². The maximum atomic E-state index is 2.58. The third-order valence-corrected chi connectivity index (χ3v) is 6.31. The number of hydrogen-bond donors (Lipinski definition) is 0. The predicted molar refractivity (Wildman–Crippen MR) is 85.1 cm³/mol. The average molecular weight is 264 g/mol. The van der Waals surface area contributed by atoms with Gasteiger partial charge in [0.2, 0.25) is 0 Å². The third-order valence-electron chi connectivity index (χ3n) is 6.31. The van der Waals surface area contributed by atoms with E-state index in [0.29, 0.717) is 10.8 Å². The van der Waals surface area contributed by atoms with Crippen molar-refractivity contribution in [1.82, 2.24) is 0 Å². The van der Waals surface area contributed by atoms with Crippen molar-refractivity contribution in [3.63, 3.8) is 0 Å². The highest BCUT2D eigenvalue weighted by molar-refractivity contribution is 4.99. The topological polar surface area (TPSA) is 0 Å². The Balaban J connectivity index is 2.31. The van der Waals surface area contributed by atoms with Crippen LogP contribution in [-0.4, -0.2) is 0 Å². The summed E-state index contributed by atoms with van der Waals surface area (Å²) < 4.78 is 0. The minimum atomic E-state index is 0.458. The fourth-order valence-corrected chi connectivity index (χ4v) is 5.61. The first kappa shape index (κ1) is 15.4. The molecule has 0 N–H and O–H groups in total. The van der Waals surface area contributed by atoms with E-state index in [4.69, 9.17) is 0 Å². The van der Waals surface area contributed by atoms with Gasteiger partial charge in [-0.05, 0) is 53.3 Å². The summed E-state index contributed by atoms with van der Waals surface area (Å²) in [5, 5.41) is 0. The van der Waals surface area contributed by atoms with Crippen LogP contribution in [0.15, 0.2) is 0 Å². The van der Waals surface area contributed by atoms with E-state index in [1.54, 1.807) is 0 Å². The first-order valence-electron chi connectivity index (χ1n) is 8.62. The summed E-state index contributed by atoms with van der Waals surface area (Å²) in [5.41, 5.74) is 0.925. The highest BCUT2D eigenvalue weighted by Gasteiger charge is 2.50. The Hall–Kier alpha value is 0. The molecule has 2 fully saturated rings. The summed E-state index contributed by atoms with van der Waals surface area (Å²) >= 11 is 0. The van der Waals surface area contributed by atoms with Crippen molar-refractivity contribution >= 4 is 0 Å². The van der Waals surface area contributed by atoms with Crippen molar-refractivity contribution in [2.75, 3.05) is 0 Å². The molecule has 19 heavy (non-hydrogen) atoms.